The number of halogens is 3. The fraction of sp³-hybridized carbons (Fsp3) is 1.00. The Morgan fingerprint density at radius 3 is 1.90 bits per heavy atom. The molecular formula is C6H11F2ISi. The molecule has 0 amide bonds. The smallest absolute Gasteiger partial charge is 0.258 e. The molecule has 0 spiro atoms. The van der Waals surface area contributed by atoms with Crippen LogP contribution in [0.15, 0.2) is 0 Å². The third kappa shape index (κ3) is 2.45. The van der Waals surface area contributed by atoms with E-state index in [9.17, 15) is 8.22 Å². The maximum absolute atomic E-state index is 12.7. The Hall–Kier alpha value is 0.807. The van der Waals surface area contributed by atoms with Gasteiger partial charge in [0.15, 0.2) is 0 Å². The normalized spacial score (nSPS) is 23.1. The molecule has 0 unspecified atom stereocenters. The monoisotopic (exact) mass is 276 g/mol. The summed E-state index contributed by atoms with van der Waals surface area (Å²) in [4.78, 5) is 0. The van der Waals surface area contributed by atoms with Crippen LogP contribution in [0.1, 0.15) is 32.1 Å². The van der Waals surface area contributed by atoms with Gasteiger partial charge in [0.1, 0.15) is 0 Å². The standard InChI is InChI=1S/C6H11F2ISi/c7-10(8,9)6-4-2-1-3-5-6/h6H,1-5H2. The zero-order valence-electron chi connectivity index (χ0n) is 5.75. The van der Waals surface area contributed by atoms with Crippen LogP contribution in [0.5, 0.6) is 0 Å². The molecule has 10 heavy (non-hydrogen) atoms. The van der Waals surface area contributed by atoms with Crippen molar-refractivity contribution in [2.75, 3.05) is 0 Å². The Morgan fingerprint density at radius 2 is 1.60 bits per heavy atom. The highest BCUT2D eigenvalue weighted by Gasteiger charge is 2.41. The maximum atomic E-state index is 12.7. The van der Waals surface area contributed by atoms with Crippen molar-refractivity contribution in [2.45, 2.75) is 37.6 Å². The average molecular weight is 276 g/mol. The summed E-state index contributed by atoms with van der Waals surface area (Å²) in [6.45, 7) is 0. The van der Waals surface area contributed by atoms with Gasteiger partial charge < -0.3 is 0 Å². The summed E-state index contributed by atoms with van der Waals surface area (Å²) in [6.07, 6.45) is 0.986. The van der Waals surface area contributed by atoms with Gasteiger partial charge in [0, 0.05) is 5.54 Å². The number of hydrogen-bond acceptors (Lipinski definition) is 0. The fourth-order valence-corrected chi connectivity index (χ4v) is 4.36. The van der Waals surface area contributed by atoms with E-state index in [0.29, 0.717) is 0 Å². The van der Waals surface area contributed by atoms with Crippen molar-refractivity contribution in [1.82, 2.24) is 0 Å². The zero-order valence-corrected chi connectivity index (χ0v) is 8.90. The van der Waals surface area contributed by atoms with Gasteiger partial charge in [-0.25, -0.2) is 0 Å². The molecule has 60 valence electrons. The van der Waals surface area contributed by atoms with E-state index in [1.54, 1.807) is 0 Å². The van der Waals surface area contributed by atoms with E-state index < -0.39 is 6.24 Å². The topological polar surface area (TPSA) is 0 Å². The Morgan fingerprint density at radius 1 is 1.10 bits per heavy atom. The lowest BCUT2D eigenvalue weighted by Gasteiger charge is -2.23. The van der Waals surface area contributed by atoms with E-state index in [1.165, 1.54) is 21.8 Å². The van der Waals surface area contributed by atoms with Gasteiger partial charge in [-0.1, -0.05) is 19.3 Å². The molecule has 0 saturated heterocycles. The molecule has 0 N–H and O–H groups in total. The summed E-state index contributed by atoms with van der Waals surface area (Å²) in [6, 6.07) is 0. The van der Waals surface area contributed by atoms with Gasteiger partial charge in [-0.05, 0) is 34.6 Å². The van der Waals surface area contributed by atoms with Crippen LogP contribution in [0.2, 0.25) is 5.54 Å². The van der Waals surface area contributed by atoms with Gasteiger partial charge in [-0.3, -0.25) is 8.22 Å². The van der Waals surface area contributed by atoms with Gasteiger partial charge in [-0.2, -0.15) is 0 Å². The molecule has 0 aromatic carbocycles. The van der Waals surface area contributed by atoms with Crippen LogP contribution in [0, 0.1) is 0 Å². The SMILES string of the molecule is F[Si](F)(I)C1CCCCC1. The van der Waals surface area contributed by atoms with Crippen molar-refractivity contribution in [2.24, 2.45) is 0 Å². The Labute approximate surface area is 74.0 Å². The van der Waals surface area contributed by atoms with E-state index in [-0.39, 0.29) is 5.54 Å². The zero-order chi connectivity index (χ0) is 7.61. The van der Waals surface area contributed by atoms with Crippen LogP contribution < -0.4 is 0 Å². The molecule has 0 nitrogen and oxygen atoms in total. The van der Waals surface area contributed by atoms with Crippen LogP contribution >= 0.6 is 21.8 Å². The van der Waals surface area contributed by atoms with Gasteiger partial charge in [0.2, 0.25) is 0 Å². The lowest BCUT2D eigenvalue weighted by molar-refractivity contribution is 0.453. The first-order valence-electron chi connectivity index (χ1n) is 3.67. The predicted molar refractivity (Wildman–Crippen MR) is 48.8 cm³/mol. The predicted octanol–water partition coefficient (Wildman–Crippen LogP) is 3.63. The molecule has 1 saturated carbocycles. The van der Waals surface area contributed by atoms with Crippen molar-refractivity contribution in [3.63, 3.8) is 0 Å². The molecular weight excluding hydrogens is 265 g/mol. The lowest BCUT2D eigenvalue weighted by atomic mass is 10.0. The Kier molecular flexibility index (Phi) is 3.09. The molecule has 0 aromatic rings. The average Bonchev–Trinajstić information content (AvgIpc) is 1.88. The summed E-state index contributed by atoms with van der Waals surface area (Å²) >= 11 is 1.40. The second-order valence-electron chi connectivity index (χ2n) is 2.88. The fourth-order valence-electron chi connectivity index (χ4n) is 1.43. The molecule has 0 bridgehead atoms. The lowest BCUT2D eigenvalue weighted by Crippen LogP contribution is -2.23. The molecule has 1 aliphatic carbocycles. The maximum Gasteiger partial charge on any atom is 0.490 e. The number of hydrogen-bond donors (Lipinski definition) is 0. The van der Waals surface area contributed by atoms with E-state index >= 15 is 0 Å². The summed E-state index contributed by atoms with van der Waals surface area (Å²) in [5.74, 6) is 0. The summed E-state index contributed by atoms with van der Waals surface area (Å²) in [5.41, 5.74) is -0.207. The van der Waals surface area contributed by atoms with Gasteiger partial charge >= 0.3 is 6.24 Å². The minimum absolute atomic E-state index is 0.207. The minimum atomic E-state index is -3.79. The number of rotatable bonds is 1. The molecule has 1 rings (SSSR count). The molecule has 1 aliphatic rings. The molecule has 0 aliphatic heterocycles. The van der Waals surface area contributed by atoms with Crippen LogP contribution in [-0.4, -0.2) is 6.24 Å². The Bertz CT molecular complexity index is 107. The molecule has 1 fully saturated rings. The third-order valence-electron chi connectivity index (χ3n) is 2.07. The quantitative estimate of drug-likeness (QED) is 0.390. The second kappa shape index (κ2) is 3.47. The molecule has 0 radical (unpaired) electrons. The van der Waals surface area contributed by atoms with Crippen LogP contribution in [0.25, 0.3) is 0 Å². The van der Waals surface area contributed by atoms with Gasteiger partial charge in [-0.15, -0.1) is 0 Å². The largest absolute Gasteiger partial charge is 0.490 e. The molecule has 0 heterocycles. The Balaban J connectivity index is 2.39. The minimum Gasteiger partial charge on any atom is -0.258 e. The second-order valence-corrected chi connectivity index (χ2v) is 9.09. The first kappa shape index (κ1) is 8.90. The summed E-state index contributed by atoms with van der Waals surface area (Å²) in [5, 5.41) is 0. The highest BCUT2D eigenvalue weighted by Crippen LogP contribution is 2.41. The van der Waals surface area contributed by atoms with E-state index in [2.05, 4.69) is 0 Å². The van der Waals surface area contributed by atoms with Gasteiger partial charge in [0.25, 0.3) is 0 Å². The highest BCUT2D eigenvalue weighted by atomic mass is 127. The van der Waals surface area contributed by atoms with Crippen molar-refractivity contribution in [3.8, 4) is 0 Å². The van der Waals surface area contributed by atoms with Gasteiger partial charge in [0.05, 0.1) is 0 Å². The van der Waals surface area contributed by atoms with E-state index in [0.717, 1.165) is 32.1 Å². The molecule has 0 aromatic heterocycles. The molecule has 4 heteroatoms. The molecule has 0 atom stereocenters. The third-order valence-corrected chi connectivity index (χ3v) is 6.21. The summed E-state index contributed by atoms with van der Waals surface area (Å²) in [7, 11) is 0. The van der Waals surface area contributed by atoms with Crippen LogP contribution in [0.3, 0.4) is 0 Å². The van der Waals surface area contributed by atoms with E-state index in [1.807, 2.05) is 0 Å². The first-order chi connectivity index (χ1) is 4.61. The first-order valence-corrected chi connectivity index (χ1v) is 8.62. The van der Waals surface area contributed by atoms with Crippen LogP contribution in [-0.2, 0) is 0 Å². The van der Waals surface area contributed by atoms with E-state index in [4.69, 9.17) is 0 Å². The van der Waals surface area contributed by atoms with Crippen molar-refractivity contribution in [3.05, 3.63) is 0 Å². The summed E-state index contributed by atoms with van der Waals surface area (Å²) < 4.78 is 25.5. The van der Waals surface area contributed by atoms with Crippen molar-refractivity contribution in [1.29, 1.82) is 0 Å². The van der Waals surface area contributed by atoms with Crippen LogP contribution in [0.4, 0.5) is 8.22 Å². The highest BCUT2D eigenvalue weighted by molar-refractivity contribution is 14.1. The van der Waals surface area contributed by atoms with Crippen molar-refractivity contribution >= 4 is 28.0 Å². The van der Waals surface area contributed by atoms with Crippen molar-refractivity contribution < 1.29 is 8.22 Å².